The standard InChI is InChI=1S/C80H88O12/c1-77(2,3)65-41-57-37-59-43-66(78(4,5)6)45-61(74(59)90-34-30-86-70-23-15-54(50-82)16-24-70)39-63-47-68(80(10,11)12)48-64(76(63)92-36-32-88-72-27-19-56(52-84)20-28-72)40-62-46-67(79(7,8)9)44-60(75(62)91-35-31-87-71-25-17-55(51-83)18-26-71)38-58(42-65)73(57)89-33-29-85-69-21-13-53(49-81)14-22-69/h13-28,41-52H,29-40H2,1-12H3. The highest BCUT2D eigenvalue weighted by atomic mass is 16.5. The van der Waals surface area contributed by atoms with Crippen LogP contribution in [0.5, 0.6) is 46.0 Å². The van der Waals surface area contributed by atoms with Crippen molar-refractivity contribution in [1.82, 2.24) is 0 Å². The van der Waals surface area contributed by atoms with Crippen LogP contribution >= 0.6 is 0 Å². The minimum atomic E-state index is -0.298. The third-order valence-electron chi connectivity index (χ3n) is 16.4. The van der Waals surface area contributed by atoms with Gasteiger partial charge in [-0.05, 0) is 185 Å². The van der Waals surface area contributed by atoms with Crippen LogP contribution in [0.15, 0.2) is 146 Å². The summed E-state index contributed by atoms with van der Waals surface area (Å²) in [7, 11) is 0. The van der Waals surface area contributed by atoms with E-state index in [9.17, 15) is 19.2 Å². The molecule has 0 heterocycles. The van der Waals surface area contributed by atoms with Gasteiger partial charge >= 0.3 is 0 Å². The molecule has 9 rings (SSSR count). The fourth-order valence-corrected chi connectivity index (χ4v) is 11.1. The molecule has 8 aromatic carbocycles. The normalized spacial score (nSPS) is 12.5. The van der Waals surface area contributed by atoms with Crippen molar-refractivity contribution in [3.63, 3.8) is 0 Å². The summed E-state index contributed by atoms with van der Waals surface area (Å²) in [5, 5.41) is 0. The van der Waals surface area contributed by atoms with E-state index >= 15 is 0 Å². The Bertz CT molecular complexity index is 3250. The van der Waals surface area contributed by atoms with Gasteiger partial charge in [0.2, 0.25) is 0 Å². The van der Waals surface area contributed by atoms with Gasteiger partial charge < -0.3 is 37.9 Å². The number of rotatable bonds is 24. The molecule has 12 heteroatoms. The number of ether oxygens (including phenoxy) is 8. The number of benzene rings is 8. The second-order valence-electron chi connectivity index (χ2n) is 27.7. The maximum absolute atomic E-state index is 11.6. The molecular weight excluding hydrogens is 1150 g/mol. The van der Waals surface area contributed by atoms with Gasteiger partial charge in [0.15, 0.2) is 0 Å². The average molecular weight is 1240 g/mol. The van der Waals surface area contributed by atoms with Crippen LogP contribution in [0.2, 0.25) is 0 Å². The molecule has 0 aromatic heterocycles. The molecule has 1 aliphatic carbocycles. The predicted octanol–water partition coefficient (Wildman–Crippen LogP) is 16.6. The Morgan fingerprint density at radius 2 is 0.402 bits per heavy atom. The lowest BCUT2D eigenvalue weighted by Crippen LogP contribution is -2.19. The minimum absolute atomic E-state index is 0.207. The van der Waals surface area contributed by atoms with E-state index in [1.54, 1.807) is 97.1 Å². The second-order valence-corrected chi connectivity index (χ2v) is 27.7. The number of hydrogen-bond donors (Lipinski definition) is 0. The molecule has 0 spiro atoms. The van der Waals surface area contributed by atoms with Gasteiger partial charge in [-0.15, -0.1) is 0 Å². The summed E-state index contributed by atoms with van der Waals surface area (Å²) in [6, 6.07) is 46.6. The van der Waals surface area contributed by atoms with Crippen LogP contribution in [0.4, 0.5) is 0 Å². The summed E-state index contributed by atoms with van der Waals surface area (Å²) < 4.78 is 53.9. The fraction of sp³-hybridized carbons (Fsp3) is 0.350. The largest absolute Gasteiger partial charge is 0.490 e. The van der Waals surface area contributed by atoms with E-state index in [1.165, 1.54) is 0 Å². The number of carbonyl (C=O) groups excluding carboxylic acids is 4. The lowest BCUT2D eigenvalue weighted by molar-refractivity contribution is 0.111. The quantitative estimate of drug-likeness (QED) is 0.0420. The van der Waals surface area contributed by atoms with Crippen LogP contribution in [-0.2, 0) is 47.3 Å². The molecule has 0 radical (unpaired) electrons. The van der Waals surface area contributed by atoms with Crippen molar-refractivity contribution < 1.29 is 57.1 Å². The van der Waals surface area contributed by atoms with Crippen molar-refractivity contribution in [3.05, 3.63) is 235 Å². The average Bonchev–Trinajstić information content (AvgIpc) is 0.809. The Hall–Kier alpha value is -9.16. The van der Waals surface area contributed by atoms with Gasteiger partial charge in [0.05, 0.1) is 0 Å². The molecule has 92 heavy (non-hydrogen) atoms. The molecule has 0 fully saturated rings. The summed E-state index contributed by atoms with van der Waals surface area (Å²) in [6.07, 6.45) is 4.95. The highest BCUT2D eigenvalue weighted by Crippen LogP contribution is 2.45. The van der Waals surface area contributed by atoms with E-state index in [0.29, 0.717) is 70.9 Å². The van der Waals surface area contributed by atoms with Gasteiger partial charge in [-0.1, -0.05) is 132 Å². The SMILES string of the molecule is CC(C)(C)c1cc2c(OCCOc3ccc(C=O)cc3)c(c1)Cc1cc(C(C)(C)C)cc(c1OCCOc1ccc(C=O)cc1)Cc1cc(C(C)(C)C)cc(c1OCCOc1ccc(C=O)cc1)Cc1cc(C(C)(C)C)cc(c1OCCOc1ccc(C=O)cc1)C2. The molecule has 0 saturated heterocycles. The molecule has 0 amide bonds. The first-order chi connectivity index (χ1) is 43.9. The Kier molecular flexibility index (Phi) is 21.5. The van der Waals surface area contributed by atoms with Crippen LogP contribution in [0.3, 0.4) is 0 Å². The summed E-state index contributed by atoms with van der Waals surface area (Å²) >= 11 is 0. The fourth-order valence-electron chi connectivity index (χ4n) is 11.1. The Morgan fingerprint density at radius 1 is 0.250 bits per heavy atom. The van der Waals surface area contributed by atoms with Crippen LogP contribution in [0.25, 0.3) is 0 Å². The number of carbonyl (C=O) groups is 4. The van der Waals surface area contributed by atoms with Gasteiger partial charge in [0.25, 0.3) is 0 Å². The summed E-state index contributed by atoms with van der Waals surface area (Å²) in [4.78, 5) is 46.2. The zero-order valence-corrected chi connectivity index (χ0v) is 55.6. The molecule has 8 bridgehead atoms. The zero-order chi connectivity index (χ0) is 65.8. The van der Waals surface area contributed by atoms with Crippen molar-refractivity contribution in [2.75, 3.05) is 52.9 Å². The second kappa shape index (κ2) is 29.4. The molecule has 12 nitrogen and oxygen atoms in total. The van der Waals surface area contributed by atoms with Crippen molar-refractivity contribution in [2.24, 2.45) is 0 Å². The Morgan fingerprint density at radius 3 is 0.543 bits per heavy atom. The van der Waals surface area contributed by atoms with E-state index in [1.807, 2.05) is 0 Å². The maximum atomic E-state index is 11.6. The smallest absolute Gasteiger partial charge is 0.150 e. The molecule has 0 atom stereocenters. The van der Waals surface area contributed by atoms with E-state index in [2.05, 4.69) is 132 Å². The zero-order valence-electron chi connectivity index (χ0n) is 55.6. The predicted molar refractivity (Wildman–Crippen MR) is 363 cm³/mol. The molecule has 1 aliphatic rings. The molecule has 0 unspecified atom stereocenters. The number of aldehydes is 4. The molecule has 0 saturated carbocycles. The maximum Gasteiger partial charge on any atom is 0.150 e. The van der Waals surface area contributed by atoms with Gasteiger partial charge in [0, 0.05) is 47.9 Å². The highest BCUT2D eigenvalue weighted by molar-refractivity contribution is 5.76. The molecule has 8 aromatic rings. The Labute approximate surface area is 543 Å². The summed E-state index contributed by atoms with van der Waals surface area (Å²) in [5.41, 5.74) is 13.3. The van der Waals surface area contributed by atoms with E-state index < -0.39 is 0 Å². The highest BCUT2D eigenvalue weighted by Gasteiger charge is 2.30. The first-order valence-electron chi connectivity index (χ1n) is 31.8. The summed E-state index contributed by atoms with van der Waals surface area (Å²) in [5.74, 6) is 5.42. The summed E-state index contributed by atoms with van der Waals surface area (Å²) in [6.45, 7) is 28.6. The van der Waals surface area contributed by atoms with Gasteiger partial charge in [0.1, 0.15) is 124 Å². The van der Waals surface area contributed by atoms with E-state index in [4.69, 9.17) is 37.9 Å². The van der Waals surface area contributed by atoms with Crippen LogP contribution in [0, 0.1) is 0 Å². The molecule has 0 N–H and O–H groups in total. The van der Waals surface area contributed by atoms with Crippen molar-refractivity contribution in [1.29, 1.82) is 0 Å². The lowest BCUT2D eigenvalue weighted by atomic mass is 9.79. The minimum Gasteiger partial charge on any atom is -0.490 e. The number of hydrogen-bond acceptors (Lipinski definition) is 12. The first-order valence-corrected chi connectivity index (χ1v) is 31.8. The molecule has 0 aliphatic heterocycles. The van der Waals surface area contributed by atoms with Crippen molar-refractivity contribution >= 4 is 25.1 Å². The van der Waals surface area contributed by atoms with Gasteiger partial charge in [-0.2, -0.15) is 0 Å². The van der Waals surface area contributed by atoms with E-state index in [-0.39, 0.29) is 74.5 Å². The van der Waals surface area contributed by atoms with Gasteiger partial charge in [-0.3, -0.25) is 19.2 Å². The van der Waals surface area contributed by atoms with Crippen LogP contribution in [-0.4, -0.2) is 78.0 Å². The Balaban J connectivity index is 1.27. The van der Waals surface area contributed by atoms with Crippen molar-refractivity contribution in [2.45, 2.75) is 130 Å². The third-order valence-corrected chi connectivity index (χ3v) is 16.4. The monoisotopic (exact) mass is 1240 g/mol. The van der Waals surface area contributed by atoms with Crippen molar-refractivity contribution in [3.8, 4) is 46.0 Å². The van der Waals surface area contributed by atoms with Gasteiger partial charge in [-0.25, -0.2) is 0 Å². The van der Waals surface area contributed by atoms with E-state index in [0.717, 1.165) is 115 Å². The lowest BCUT2D eigenvalue weighted by Gasteiger charge is -2.29. The third kappa shape index (κ3) is 17.7. The molecular formula is C80H88O12. The van der Waals surface area contributed by atoms with Crippen LogP contribution in [0.1, 0.15) is 191 Å². The molecule has 480 valence electrons. The topological polar surface area (TPSA) is 142 Å². The van der Waals surface area contributed by atoms with Crippen LogP contribution < -0.4 is 37.9 Å². The first kappa shape index (κ1) is 67.2. The number of fused-ring (bicyclic) bond motifs is 8.